The van der Waals surface area contributed by atoms with E-state index in [1.807, 2.05) is 54.4 Å². The summed E-state index contributed by atoms with van der Waals surface area (Å²) in [6.45, 7) is 1.18. The van der Waals surface area contributed by atoms with Crippen LogP contribution in [-0.2, 0) is 11.3 Å². The number of likely N-dealkylation sites (tertiary alicyclic amines) is 1. The van der Waals surface area contributed by atoms with E-state index in [4.69, 9.17) is 16.6 Å². The molecule has 8 nitrogen and oxygen atoms in total. The Morgan fingerprint density at radius 2 is 2.00 bits per heavy atom. The Labute approximate surface area is 191 Å². The van der Waals surface area contributed by atoms with Crippen LogP contribution in [0.1, 0.15) is 24.5 Å². The summed E-state index contributed by atoms with van der Waals surface area (Å²) in [4.78, 5) is 41.6. The van der Waals surface area contributed by atoms with E-state index in [-0.39, 0.29) is 18.4 Å². The number of nitrogens with zero attached hydrogens (tertiary/aromatic N) is 6. The summed E-state index contributed by atoms with van der Waals surface area (Å²) in [7, 11) is 3.81. The second kappa shape index (κ2) is 9.48. The molecule has 0 spiro atoms. The first-order valence-corrected chi connectivity index (χ1v) is 10.9. The molecule has 1 aliphatic rings. The second-order valence-electron chi connectivity index (χ2n) is 8.08. The van der Waals surface area contributed by atoms with Crippen LogP contribution in [0.15, 0.2) is 53.7 Å². The molecular formula is C23H25ClN6O2. The van der Waals surface area contributed by atoms with Gasteiger partial charge >= 0.3 is 5.69 Å². The number of rotatable bonds is 5. The van der Waals surface area contributed by atoms with Crippen molar-refractivity contribution in [2.45, 2.75) is 25.3 Å². The van der Waals surface area contributed by atoms with E-state index in [9.17, 15) is 9.59 Å². The number of halogens is 1. The third-order valence-electron chi connectivity index (χ3n) is 5.61. The Balaban J connectivity index is 1.62. The number of hydrogen-bond acceptors (Lipinski definition) is 6. The summed E-state index contributed by atoms with van der Waals surface area (Å²) < 4.78 is 1.33. The lowest BCUT2D eigenvalue weighted by atomic mass is 9.90. The molecule has 0 radical (unpaired) electrons. The molecule has 0 bridgehead atoms. The molecule has 166 valence electrons. The van der Waals surface area contributed by atoms with Crippen LogP contribution in [-0.4, -0.2) is 57.5 Å². The molecule has 2 aromatic heterocycles. The number of carbonyl (C=O) groups is 1. The Hall–Kier alpha value is -3.26. The Morgan fingerprint density at radius 1 is 1.22 bits per heavy atom. The monoisotopic (exact) mass is 452 g/mol. The van der Waals surface area contributed by atoms with Gasteiger partial charge in [0.15, 0.2) is 0 Å². The Bertz CT molecular complexity index is 1160. The van der Waals surface area contributed by atoms with E-state index in [1.54, 1.807) is 12.3 Å². The fourth-order valence-electron chi connectivity index (χ4n) is 3.94. The second-order valence-corrected chi connectivity index (χ2v) is 8.52. The van der Waals surface area contributed by atoms with Gasteiger partial charge in [0.05, 0.1) is 5.69 Å². The smallest absolute Gasteiger partial charge is 0.347 e. The molecule has 4 rings (SSSR count). The summed E-state index contributed by atoms with van der Waals surface area (Å²) in [6, 6.07) is 9.27. The molecule has 1 aromatic carbocycles. The van der Waals surface area contributed by atoms with Crippen LogP contribution in [0.2, 0.25) is 5.02 Å². The Morgan fingerprint density at radius 3 is 2.72 bits per heavy atom. The quantitative estimate of drug-likeness (QED) is 0.591. The molecule has 9 heteroatoms. The molecule has 1 amide bonds. The molecule has 3 aromatic rings. The van der Waals surface area contributed by atoms with Crippen molar-refractivity contribution in [2.75, 3.05) is 32.1 Å². The number of anilines is 1. The maximum atomic E-state index is 12.9. The zero-order valence-electron chi connectivity index (χ0n) is 18.1. The van der Waals surface area contributed by atoms with Crippen molar-refractivity contribution in [1.29, 1.82) is 0 Å². The van der Waals surface area contributed by atoms with E-state index in [1.165, 1.54) is 10.8 Å². The van der Waals surface area contributed by atoms with E-state index in [0.29, 0.717) is 24.1 Å². The van der Waals surface area contributed by atoms with E-state index >= 15 is 0 Å². The lowest BCUT2D eigenvalue weighted by molar-refractivity contribution is -0.133. The minimum Gasteiger partial charge on any atom is -0.347 e. The average Bonchev–Trinajstić information content (AvgIpc) is 2.81. The predicted molar refractivity (Wildman–Crippen MR) is 124 cm³/mol. The minimum atomic E-state index is -0.425. The standard InChI is InChI=1S/C23H25ClN6O2/c1-28(2)22-26-13-19(16-6-8-18(24)9-7-16)21(27-22)17-5-3-11-29(14-17)20(31)15-30-12-4-10-25-23(30)32/h4,6-10,12-13,17H,3,5,11,14-15H2,1-2H3. The zero-order chi connectivity index (χ0) is 22.7. The summed E-state index contributed by atoms with van der Waals surface area (Å²) in [5, 5.41) is 0.668. The van der Waals surface area contributed by atoms with Crippen molar-refractivity contribution in [3.8, 4) is 11.1 Å². The molecule has 1 aliphatic heterocycles. The fourth-order valence-corrected chi connectivity index (χ4v) is 4.07. The van der Waals surface area contributed by atoms with Gasteiger partial charge in [-0.25, -0.2) is 19.7 Å². The third kappa shape index (κ3) is 4.80. The van der Waals surface area contributed by atoms with Crippen molar-refractivity contribution in [2.24, 2.45) is 0 Å². The van der Waals surface area contributed by atoms with Gasteiger partial charge in [-0.1, -0.05) is 23.7 Å². The van der Waals surface area contributed by atoms with Crippen LogP contribution in [0.4, 0.5) is 5.95 Å². The van der Waals surface area contributed by atoms with E-state index in [0.717, 1.165) is 29.7 Å². The SMILES string of the molecule is CN(C)c1ncc(-c2ccc(Cl)cc2)c(C2CCCN(C(=O)Cn3cccnc3=O)C2)n1. The number of amides is 1. The number of hydrogen-bond donors (Lipinski definition) is 0. The van der Waals surface area contributed by atoms with Crippen LogP contribution in [0.25, 0.3) is 11.1 Å². The van der Waals surface area contributed by atoms with Crippen molar-refractivity contribution in [3.05, 3.63) is 70.1 Å². The highest BCUT2D eigenvalue weighted by Gasteiger charge is 2.28. The van der Waals surface area contributed by atoms with Gasteiger partial charge in [-0.3, -0.25) is 9.36 Å². The number of carbonyl (C=O) groups excluding carboxylic acids is 1. The first kappa shape index (κ1) is 22.0. The molecule has 3 heterocycles. The lowest BCUT2D eigenvalue weighted by Gasteiger charge is -2.33. The predicted octanol–water partition coefficient (Wildman–Crippen LogP) is 2.83. The van der Waals surface area contributed by atoms with Gasteiger partial charge in [-0.2, -0.15) is 0 Å². The zero-order valence-corrected chi connectivity index (χ0v) is 18.9. The fraction of sp³-hybridized carbons (Fsp3) is 0.348. The van der Waals surface area contributed by atoms with E-state index in [2.05, 4.69) is 9.97 Å². The normalized spacial score (nSPS) is 16.1. The molecule has 1 atom stereocenters. The lowest BCUT2D eigenvalue weighted by Crippen LogP contribution is -2.42. The van der Waals surface area contributed by atoms with Gasteiger partial charge in [-0.15, -0.1) is 0 Å². The molecular weight excluding hydrogens is 428 g/mol. The van der Waals surface area contributed by atoms with Crippen LogP contribution in [0.3, 0.4) is 0 Å². The van der Waals surface area contributed by atoms with Gasteiger partial charge < -0.3 is 9.80 Å². The highest BCUT2D eigenvalue weighted by molar-refractivity contribution is 6.30. The van der Waals surface area contributed by atoms with Gasteiger partial charge in [0.25, 0.3) is 0 Å². The third-order valence-corrected chi connectivity index (χ3v) is 5.86. The van der Waals surface area contributed by atoms with Crippen molar-refractivity contribution < 1.29 is 4.79 Å². The van der Waals surface area contributed by atoms with E-state index < -0.39 is 5.69 Å². The largest absolute Gasteiger partial charge is 0.347 e. The van der Waals surface area contributed by atoms with Crippen LogP contribution >= 0.6 is 11.6 Å². The summed E-state index contributed by atoms with van der Waals surface area (Å²) in [6.07, 6.45) is 6.63. The topological polar surface area (TPSA) is 84.2 Å². The molecule has 1 unspecified atom stereocenters. The van der Waals surface area contributed by atoms with Gasteiger partial charge in [0.1, 0.15) is 6.54 Å². The van der Waals surface area contributed by atoms with Crippen molar-refractivity contribution in [1.82, 2.24) is 24.4 Å². The molecule has 1 fully saturated rings. The van der Waals surface area contributed by atoms with Crippen LogP contribution < -0.4 is 10.6 Å². The van der Waals surface area contributed by atoms with Gasteiger partial charge in [0, 0.05) is 62.3 Å². The first-order valence-electron chi connectivity index (χ1n) is 10.5. The summed E-state index contributed by atoms with van der Waals surface area (Å²) in [5.74, 6) is 0.591. The van der Waals surface area contributed by atoms with Crippen LogP contribution in [0, 0.1) is 0 Å². The molecule has 0 N–H and O–H groups in total. The average molecular weight is 453 g/mol. The number of benzene rings is 1. The van der Waals surface area contributed by atoms with Gasteiger partial charge in [-0.05, 0) is 36.6 Å². The van der Waals surface area contributed by atoms with Gasteiger partial charge in [0.2, 0.25) is 11.9 Å². The Kier molecular flexibility index (Phi) is 6.50. The van der Waals surface area contributed by atoms with Crippen molar-refractivity contribution >= 4 is 23.5 Å². The van der Waals surface area contributed by atoms with Crippen LogP contribution in [0.5, 0.6) is 0 Å². The first-order chi connectivity index (χ1) is 15.4. The summed E-state index contributed by atoms with van der Waals surface area (Å²) in [5.41, 5.74) is 2.42. The maximum absolute atomic E-state index is 12.9. The minimum absolute atomic E-state index is 0.0177. The molecule has 0 saturated carbocycles. The molecule has 0 aliphatic carbocycles. The number of piperidine rings is 1. The molecule has 32 heavy (non-hydrogen) atoms. The maximum Gasteiger partial charge on any atom is 0.347 e. The highest BCUT2D eigenvalue weighted by Crippen LogP contribution is 2.34. The summed E-state index contributed by atoms with van der Waals surface area (Å²) >= 11 is 6.08. The highest BCUT2D eigenvalue weighted by atomic mass is 35.5. The number of aromatic nitrogens is 4. The van der Waals surface area contributed by atoms with Crippen molar-refractivity contribution in [3.63, 3.8) is 0 Å². The molecule has 1 saturated heterocycles.